The zero-order valence-corrected chi connectivity index (χ0v) is 14.2. The number of nitrogens with zero attached hydrogens (tertiary/aromatic N) is 1. The summed E-state index contributed by atoms with van der Waals surface area (Å²) in [4.78, 5) is 14.2. The molecule has 8 heteroatoms. The van der Waals surface area contributed by atoms with E-state index in [1.54, 1.807) is 29.2 Å². The van der Waals surface area contributed by atoms with Crippen molar-refractivity contribution in [1.29, 1.82) is 0 Å². The minimum absolute atomic E-state index is 0.00706. The second-order valence-electron chi connectivity index (χ2n) is 5.51. The first-order valence-corrected chi connectivity index (χ1v) is 9.18. The number of carbonyl (C=O) groups is 1. The van der Waals surface area contributed by atoms with Crippen LogP contribution in [0.3, 0.4) is 0 Å². The summed E-state index contributed by atoms with van der Waals surface area (Å²) in [5, 5.41) is 0. The van der Waals surface area contributed by atoms with Gasteiger partial charge in [0.25, 0.3) is 16.1 Å². The lowest BCUT2D eigenvalue weighted by molar-refractivity contribution is -0.0124. The summed E-state index contributed by atoms with van der Waals surface area (Å²) >= 11 is 0. The molecule has 1 aliphatic heterocycles. The molecule has 1 aromatic carbocycles. The number of anilines is 1. The topological polar surface area (TPSA) is 87.7 Å². The van der Waals surface area contributed by atoms with Gasteiger partial charge in [0.1, 0.15) is 0 Å². The van der Waals surface area contributed by atoms with Crippen LogP contribution in [0.2, 0.25) is 0 Å². The molecule has 23 heavy (non-hydrogen) atoms. The molecular formula is C15H23N3O4S. The zero-order valence-electron chi connectivity index (χ0n) is 13.4. The van der Waals surface area contributed by atoms with Gasteiger partial charge in [0.15, 0.2) is 0 Å². The largest absolute Gasteiger partial charge is 0.375 e. The molecule has 0 radical (unpaired) electrons. The number of morpholine rings is 1. The molecule has 2 rings (SSSR count). The Morgan fingerprint density at radius 3 is 2.91 bits per heavy atom. The Morgan fingerprint density at radius 1 is 1.43 bits per heavy atom. The molecule has 0 saturated carbocycles. The van der Waals surface area contributed by atoms with E-state index in [0.29, 0.717) is 43.9 Å². The lowest BCUT2D eigenvalue weighted by Crippen LogP contribution is -2.44. The van der Waals surface area contributed by atoms with Crippen LogP contribution in [0.1, 0.15) is 30.6 Å². The third-order valence-corrected chi connectivity index (χ3v) is 4.52. The molecule has 1 unspecified atom stereocenters. The first-order valence-electron chi connectivity index (χ1n) is 7.69. The van der Waals surface area contributed by atoms with E-state index in [2.05, 4.69) is 9.44 Å². The number of carbonyl (C=O) groups excluding carboxylic acids is 1. The van der Waals surface area contributed by atoms with Crippen molar-refractivity contribution in [3.63, 3.8) is 0 Å². The molecule has 1 saturated heterocycles. The van der Waals surface area contributed by atoms with Gasteiger partial charge < -0.3 is 9.64 Å². The number of ether oxygens (including phenoxy) is 1. The number of hydrogen-bond acceptors (Lipinski definition) is 4. The molecule has 2 N–H and O–H groups in total. The molecular weight excluding hydrogens is 318 g/mol. The van der Waals surface area contributed by atoms with Gasteiger partial charge in [-0.15, -0.1) is 0 Å². The van der Waals surface area contributed by atoms with E-state index in [-0.39, 0.29) is 12.0 Å². The smallest absolute Gasteiger partial charge is 0.299 e. The standard InChI is InChI=1S/C15H23N3O4S/c1-3-7-16-23(20,21)17-14-6-4-5-13(10-14)15(19)18-8-9-22-12(2)11-18/h4-6,10,12,16-17H,3,7-9,11H2,1-2H3. The summed E-state index contributed by atoms with van der Waals surface area (Å²) in [6, 6.07) is 6.51. The van der Waals surface area contributed by atoms with Crippen LogP contribution in [-0.2, 0) is 14.9 Å². The van der Waals surface area contributed by atoms with Crippen molar-refractivity contribution in [3.05, 3.63) is 29.8 Å². The Labute approximate surface area is 137 Å². The molecule has 1 fully saturated rings. The molecule has 1 amide bonds. The number of amides is 1. The van der Waals surface area contributed by atoms with E-state index in [1.807, 2.05) is 13.8 Å². The van der Waals surface area contributed by atoms with E-state index >= 15 is 0 Å². The van der Waals surface area contributed by atoms with Crippen molar-refractivity contribution < 1.29 is 17.9 Å². The van der Waals surface area contributed by atoms with E-state index in [9.17, 15) is 13.2 Å². The zero-order chi connectivity index (χ0) is 16.9. The van der Waals surface area contributed by atoms with Gasteiger partial charge in [0, 0.05) is 25.2 Å². The molecule has 0 aromatic heterocycles. The molecule has 0 spiro atoms. The van der Waals surface area contributed by atoms with E-state index in [0.717, 1.165) is 0 Å². The maximum atomic E-state index is 12.5. The first kappa shape index (κ1) is 17.7. The fourth-order valence-corrected chi connectivity index (χ4v) is 3.31. The van der Waals surface area contributed by atoms with Gasteiger partial charge in [-0.05, 0) is 31.5 Å². The SMILES string of the molecule is CCCNS(=O)(=O)Nc1cccc(C(=O)N2CCOC(C)C2)c1. The second-order valence-corrected chi connectivity index (χ2v) is 7.01. The molecule has 0 bridgehead atoms. The summed E-state index contributed by atoms with van der Waals surface area (Å²) in [7, 11) is -3.62. The van der Waals surface area contributed by atoms with Crippen LogP contribution in [0, 0.1) is 0 Å². The average Bonchev–Trinajstić information content (AvgIpc) is 2.52. The predicted molar refractivity (Wildman–Crippen MR) is 88.6 cm³/mol. The van der Waals surface area contributed by atoms with Gasteiger partial charge in [-0.25, -0.2) is 0 Å². The van der Waals surface area contributed by atoms with Crippen LogP contribution in [-0.4, -0.2) is 51.6 Å². The van der Waals surface area contributed by atoms with Crippen LogP contribution < -0.4 is 9.44 Å². The van der Waals surface area contributed by atoms with Crippen molar-refractivity contribution in [2.75, 3.05) is 31.0 Å². The molecule has 1 aromatic rings. The Hall–Kier alpha value is -1.64. The van der Waals surface area contributed by atoms with Crippen LogP contribution >= 0.6 is 0 Å². The summed E-state index contributed by atoms with van der Waals surface area (Å²) in [6.45, 7) is 5.75. The highest BCUT2D eigenvalue weighted by atomic mass is 32.2. The van der Waals surface area contributed by atoms with E-state index in [4.69, 9.17) is 4.74 Å². The molecule has 1 aliphatic rings. The van der Waals surface area contributed by atoms with Gasteiger partial charge in [-0.1, -0.05) is 13.0 Å². The minimum Gasteiger partial charge on any atom is -0.375 e. The maximum absolute atomic E-state index is 12.5. The highest BCUT2D eigenvalue weighted by Gasteiger charge is 2.22. The fourth-order valence-electron chi connectivity index (χ4n) is 2.33. The third kappa shape index (κ3) is 5.19. The monoisotopic (exact) mass is 341 g/mol. The molecule has 7 nitrogen and oxygen atoms in total. The lowest BCUT2D eigenvalue weighted by atomic mass is 10.1. The van der Waals surface area contributed by atoms with Gasteiger partial charge >= 0.3 is 0 Å². The average molecular weight is 341 g/mol. The summed E-state index contributed by atoms with van der Waals surface area (Å²) in [6.07, 6.45) is 0.710. The third-order valence-electron chi connectivity index (χ3n) is 3.43. The molecule has 0 aliphatic carbocycles. The molecule has 1 atom stereocenters. The number of rotatable bonds is 6. The Balaban J connectivity index is 2.08. The van der Waals surface area contributed by atoms with Crippen molar-refractivity contribution in [3.8, 4) is 0 Å². The van der Waals surface area contributed by atoms with E-state index in [1.165, 1.54) is 0 Å². The fraction of sp³-hybridized carbons (Fsp3) is 0.533. The summed E-state index contributed by atoms with van der Waals surface area (Å²) < 4.78 is 34.0. The van der Waals surface area contributed by atoms with Crippen molar-refractivity contribution in [2.45, 2.75) is 26.4 Å². The Bertz CT molecular complexity index is 648. The van der Waals surface area contributed by atoms with Crippen LogP contribution in [0.5, 0.6) is 0 Å². The minimum atomic E-state index is -3.62. The quantitative estimate of drug-likeness (QED) is 0.814. The van der Waals surface area contributed by atoms with Gasteiger partial charge in [-0.2, -0.15) is 13.1 Å². The second kappa shape index (κ2) is 7.76. The Kier molecular flexibility index (Phi) is 5.97. The lowest BCUT2D eigenvalue weighted by Gasteiger charge is -2.31. The van der Waals surface area contributed by atoms with Gasteiger partial charge in [0.05, 0.1) is 18.4 Å². The van der Waals surface area contributed by atoms with Crippen molar-refractivity contribution in [2.24, 2.45) is 0 Å². The molecule has 128 valence electrons. The number of nitrogens with one attached hydrogen (secondary N) is 2. The van der Waals surface area contributed by atoms with Crippen molar-refractivity contribution in [1.82, 2.24) is 9.62 Å². The number of benzene rings is 1. The first-order chi connectivity index (χ1) is 10.9. The van der Waals surface area contributed by atoms with Gasteiger partial charge in [-0.3, -0.25) is 9.52 Å². The van der Waals surface area contributed by atoms with Crippen LogP contribution in [0.25, 0.3) is 0 Å². The van der Waals surface area contributed by atoms with Crippen molar-refractivity contribution >= 4 is 21.8 Å². The highest BCUT2D eigenvalue weighted by Crippen LogP contribution is 2.15. The van der Waals surface area contributed by atoms with Gasteiger partial charge in [0.2, 0.25) is 0 Å². The van der Waals surface area contributed by atoms with Crippen LogP contribution in [0.15, 0.2) is 24.3 Å². The predicted octanol–water partition coefficient (Wildman–Crippen LogP) is 1.20. The summed E-state index contributed by atoms with van der Waals surface area (Å²) in [5.74, 6) is -0.122. The highest BCUT2D eigenvalue weighted by molar-refractivity contribution is 7.90. The van der Waals surface area contributed by atoms with E-state index < -0.39 is 10.2 Å². The van der Waals surface area contributed by atoms with Crippen LogP contribution in [0.4, 0.5) is 5.69 Å². The Morgan fingerprint density at radius 2 is 2.22 bits per heavy atom. The maximum Gasteiger partial charge on any atom is 0.299 e. The number of hydrogen-bond donors (Lipinski definition) is 2. The molecule has 1 heterocycles. The summed E-state index contributed by atoms with van der Waals surface area (Å²) in [5.41, 5.74) is 0.815. The normalized spacial score (nSPS) is 18.7.